The number of aromatic nitrogens is 1. The lowest BCUT2D eigenvalue weighted by Crippen LogP contribution is -2.02. The summed E-state index contributed by atoms with van der Waals surface area (Å²) in [4.78, 5) is 4.01. The molecule has 88 valence electrons. The van der Waals surface area contributed by atoms with Gasteiger partial charge in [0.2, 0.25) is 0 Å². The molecule has 0 amide bonds. The molecule has 0 spiro atoms. The van der Waals surface area contributed by atoms with E-state index in [1.165, 1.54) is 16.7 Å². The summed E-state index contributed by atoms with van der Waals surface area (Å²) < 4.78 is 1.11. The number of nitrogens with one attached hydrogen (secondary N) is 1. The molecule has 0 radical (unpaired) electrons. The maximum absolute atomic E-state index is 4.01. The van der Waals surface area contributed by atoms with E-state index >= 15 is 0 Å². The molecule has 3 heteroatoms. The zero-order valence-electron chi connectivity index (χ0n) is 10.00. The summed E-state index contributed by atoms with van der Waals surface area (Å²) in [6.07, 6.45) is 3.63. The van der Waals surface area contributed by atoms with Gasteiger partial charge in [0.05, 0.1) is 5.69 Å². The molecule has 2 aromatic rings. The lowest BCUT2D eigenvalue weighted by Gasteiger charge is -2.12. The zero-order valence-corrected chi connectivity index (χ0v) is 11.6. The molecule has 0 fully saturated rings. The molecule has 0 aliphatic rings. The predicted molar refractivity (Wildman–Crippen MR) is 75.2 cm³/mol. The molecule has 17 heavy (non-hydrogen) atoms. The van der Waals surface area contributed by atoms with Crippen LogP contribution in [0.25, 0.3) is 0 Å². The Morgan fingerprint density at radius 1 is 1.18 bits per heavy atom. The van der Waals surface area contributed by atoms with Gasteiger partial charge in [0.15, 0.2) is 0 Å². The third-order valence-electron chi connectivity index (χ3n) is 2.65. The molecule has 1 N–H and O–H groups in total. The molecule has 2 rings (SSSR count). The van der Waals surface area contributed by atoms with Crippen molar-refractivity contribution < 1.29 is 0 Å². The van der Waals surface area contributed by atoms with Gasteiger partial charge in [0.1, 0.15) is 0 Å². The quantitative estimate of drug-likeness (QED) is 0.922. The molecule has 0 aliphatic carbocycles. The maximum Gasteiger partial charge on any atom is 0.0517 e. The van der Waals surface area contributed by atoms with Crippen molar-refractivity contribution in [3.05, 3.63) is 57.8 Å². The molecular weight excluding hydrogens is 276 g/mol. The topological polar surface area (TPSA) is 24.9 Å². The van der Waals surface area contributed by atoms with Gasteiger partial charge in [-0.2, -0.15) is 0 Å². The lowest BCUT2D eigenvalue weighted by atomic mass is 10.1. The highest BCUT2D eigenvalue weighted by molar-refractivity contribution is 9.10. The van der Waals surface area contributed by atoms with Crippen LogP contribution in [0.3, 0.4) is 0 Å². The Balaban J connectivity index is 2.15. The highest BCUT2D eigenvalue weighted by Crippen LogP contribution is 2.28. The molecule has 0 unspecified atom stereocenters. The maximum atomic E-state index is 4.01. The molecule has 2 nitrogen and oxygen atoms in total. The third-order valence-corrected chi connectivity index (χ3v) is 3.28. The molecule has 1 aromatic carbocycles. The van der Waals surface area contributed by atoms with E-state index in [9.17, 15) is 0 Å². The van der Waals surface area contributed by atoms with Crippen LogP contribution in [0.15, 0.2) is 41.1 Å². The molecule has 0 saturated heterocycles. The minimum Gasteiger partial charge on any atom is -0.380 e. The van der Waals surface area contributed by atoms with Gasteiger partial charge < -0.3 is 5.32 Å². The largest absolute Gasteiger partial charge is 0.380 e. The summed E-state index contributed by atoms with van der Waals surface area (Å²) in [6.45, 7) is 5.03. The molecule has 0 atom stereocenters. The van der Waals surface area contributed by atoms with Crippen molar-refractivity contribution in [2.45, 2.75) is 20.4 Å². The van der Waals surface area contributed by atoms with Crippen LogP contribution >= 0.6 is 15.9 Å². The standard InChI is InChI=1S/C14H15BrN2/c1-10-7-11(2)14(13(15)8-10)17-9-12-3-5-16-6-4-12/h3-8,17H,9H2,1-2H3. The van der Waals surface area contributed by atoms with Crippen LogP contribution in [-0.2, 0) is 6.54 Å². The van der Waals surface area contributed by atoms with Gasteiger partial charge in [-0.15, -0.1) is 0 Å². The van der Waals surface area contributed by atoms with Crippen molar-refractivity contribution in [1.82, 2.24) is 4.98 Å². The van der Waals surface area contributed by atoms with Gasteiger partial charge in [-0.1, -0.05) is 6.07 Å². The number of nitrogens with zero attached hydrogens (tertiary/aromatic N) is 1. The number of aryl methyl sites for hydroxylation is 2. The fourth-order valence-electron chi connectivity index (χ4n) is 1.83. The average molecular weight is 291 g/mol. The summed E-state index contributed by atoms with van der Waals surface area (Å²) in [5.41, 5.74) is 4.91. The van der Waals surface area contributed by atoms with Crippen LogP contribution in [-0.4, -0.2) is 4.98 Å². The Morgan fingerprint density at radius 3 is 2.53 bits per heavy atom. The van der Waals surface area contributed by atoms with Crippen LogP contribution < -0.4 is 5.32 Å². The van der Waals surface area contributed by atoms with E-state index in [0.29, 0.717) is 0 Å². The summed E-state index contributed by atoms with van der Waals surface area (Å²) in [7, 11) is 0. The fourth-order valence-corrected chi connectivity index (χ4v) is 2.64. The van der Waals surface area contributed by atoms with E-state index in [-0.39, 0.29) is 0 Å². The number of rotatable bonds is 3. The van der Waals surface area contributed by atoms with Crippen molar-refractivity contribution >= 4 is 21.6 Å². The second-order valence-corrected chi connectivity index (χ2v) is 5.00. The van der Waals surface area contributed by atoms with Crippen molar-refractivity contribution in [3.8, 4) is 0 Å². The van der Waals surface area contributed by atoms with E-state index in [4.69, 9.17) is 0 Å². The Labute approximate surface area is 110 Å². The zero-order chi connectivity index (χ0) is 12.3. The first-order valence-electron chi connectivity index (χ1n) is 5.56. The second kappa shape index (κ2) is 5.32. The number of benzene rings is 1. The summed E-state index contributed by atoms with van der Waals surface area (Å²) in [6, 6.07) is 8.34. The van der Waals surface area contributed by atoms with Gasteiger partial charge in [-0.25, -0.2) is 0 Å². The van der Waals surface area contributed by atoms with Gasteiger partial charge in [-0.3, -0.25) is 4.98 Å². The summed E-state index contributed by atoms with van der Waals surface area (Å²) in [5, 5.41) is 3.45. The number of halogens is 1. The predicted octanol–water partition coefficient (Wildman–Crippen LogP) is 4.07. The Kier molecular flexibility index (Phi) is 3.79. The van der Waals surface area contributed by atoms with Gasteiger partial charge in [-0.05, 0) is 64.7 Å². The van der Waals surface area contributed by atoms with Crippen LogP contribution in [0.1, 0.15) is 16.7 Å². The number of pyridine rings is 1. The Hall–Kier alpha value is -1.35. The first-order chi connectivity index (χ1) is 8.16. The van der Waals surface area contributed by atoms with Crippen LogP contribution in [0.5, 0.6) is 0 Å². The van der Waals surface area contributed by atoms with Crippen LogP contribution in [0.4, 0.5) is 5.69 Å². The number of hydrogen-bond acceptors (Lipinski definition) is 2. The third kappa shape index (κ3) is 3.07. The van der Waals surface area contributed by atoms with E-state index in [1.807, 2.05) is 24.5 Å². The molecule has 0 saturated carbocycles. The fraction of sp³-hybridized carbons (Fsp3) is 0.214. The van der Waals surface area contributed by atoms with Crippen LogP contribution in [0.2, 0.25) is 0 Å². The molecule has 0 aliphatic heterocycles. The van der Waals surface area contributed by atoms with E-state index in [0.717, 1.165) is 16.7 Å². The van der Waals surface area contributed by atoms with Crippen molar-refractivity contribution in [3.63, 3.8) is 0 Å². The van der Waals surface area contributed by atoms with E-state index < -0.39 is 0 Å². The summed E-state index contributed by atoms with van der Waals surface area (Å²) in [5.74, 6) is 0. The normalized spacial score (nSPS) is 10.3. The Morgan fingerprint density at radius 2 is 1.88 bits per heavy atom. The first-order valence-corrected chi connectivity index (χ1v) is 6.35. The number of anilines is 1. The van der Waals surface area contributed by atoms with Gasteiger partial charge >= 0.3 is 0 Å². The minimum absolute atomic E-state index is 0.811. The van der Waals surface area contributed by atoms with E-state index in [2.05, 4.69) is 52.2 Å². The molecule has 0 bridgehead atoms. The molecular formula is C14H15BrN2. The Bertz CT molecular complexity index is 486. The highest BCUT2D eigenvalue weighted by atomic mass is 79.9. The summed E-state index contributed by atoms with van der Waals surface area (Å²) >= 11 is 3.60. The van der Waals surface area contributed by atoms with Crippen molar-refractivity contribution in [1.29, 1.82) is 0 Å². The van der Waals surface area contributed by atoms with Gasteiger partial charge in [0, 0.05) is 23.4 Å². The smallest absolute Gasteiger partial charge is 0.0517 e. The van der Waals surface area contributed by atoms with Crippen molar-refractivity contribution in [2.75, 3.05) is 5.32 Å². The minimum atomic E-state index is 0.811. The SMILES string of the molecule is Cc1cc(C)c(NCc2ccncc2)c(Br)c1. The van der Waals surface area contributed by atoms with Crippen LogP contribution in [0, 0.1) is 13.8 Å². The molecule has 1 aromatic heterocycles. The molecule has 1 heterocycles. The first kappa shape index (κ1) is 12.1. The average Bonchev–Trinajstić information content (AvgIpc) is 2.29. The van der Waals surface area contributed by atoms with Crippen molar-refractivity contribution in [2.24, 2.45) is 0 Å². The lowest BCUT2D eigenvalue weighted by molar-refractivity contribution is 1.11. The number of hydrogen-bond donors (Lipinski definition) is 1. The monoisotopic (exact) mass is 290 g/mol. The van der Waals surface area contributed by atoms with Gasteiger partial charge in [0.25, 0.3) is 0 Å². The highest BCUT2D eigenvalue weighted by Gasteiger charge is 2.04. The second-order valence-electron chi connectivity index (χ2n) is 4.15. The van der Waals surface area contributed by atoms with E-state index in [1.54, 1.807) is 0 Å².